The lowest BCUT2D eigenvalue weighted by Crippen LogP contribution is -2.62. The second-order valence-electron chi connectivity index (χ2n) is 27.7. The number of hydrogen-bond acceptors (Lipinski definition) is 2. The molecule has 3 unspecified atom stereocenters. The van der Waals surface area contributed by atoms with E-state index < -0.39 is 0 Å². The van der Waals surface area contributed by atoms with Crippen LogP contribution in [0, 0.1) is 39.5 Å². The fourth-order valence-corrected chi connectivity index (χ4v) is 16.0. The van der Waals surface area contributed by atoms with Gasteiger partial charge in [-0.1, -0.05) is 160 Å². The lowest BCUT2D eigenvalue weighted by molar-refractivity contribution is 0.327. The molecule has 9 aromatic rings. The van der Waals surface area contributed by atoms with E-state index in [0.717, 1.165) is 5.92 Å². The van der Waals surface area contributed by atoms with Gasteiger partial charge in [-0.05, 0) is 224 Å². The number of aromatic nitrogens is 1. The zero-order chi connectivity index (χ0) is 54.3. The number of benzene rings is 8. The highest BCUT2D eigenvalue weighted by molar-refractivity contribution is 7.00. The molecule has 0 N–H and O–H groups in total. The summed E-state index contributed by atoms with van der Waals surface area (Å²) >= 11 is 0. The van der Waals surface area contributed by atoms with Gasteiger partial charge in [-0.2, -0.15) is 0 Å². The molecule has 2 bridgehead atoms. The van der Waals surface area contributed by atoms with Crippen molar-refractivity contribution in [3.05, 3.63) is 196 Å². The van der Waals surface area contributed by atoms with Crippen molar-refractivity contribution in [3.63, 3.8) is 0 Å². The van der Waals surface area contributed by atoms with Crippen LogP contribution in [0.4, 0.5) is 34.1 Å². The zero-order valence-corrected chi connectivity index (χ0v) is 48.8. The normalized spacial score (nSPS) is 18.9. The van der Waals surface area contributed by atoms with Gasteiger partial charge in [0.1, 0.15) is 0 Å². The summed E-state index contributed by atoms with van der Waals surface area (Å²) in [6.07, 6.45) is 5.28. The fraction of sp³-hybridized carbons (Fsp3) is 0.324. The molecule has 0 radical (unpaired) electrons. The first-order valence-electron chi connectivity index (χ1n) is 29.2. The van der Waals surface area contributed by atoms with Crippen molar-refractivity contribution < 1.29 is 0 Å². The summed E-state index contributed by atoms with van der Waals surface area (Å²) < 4.78 is 2.57. The van der Waals surface area contributed by atoms with Crippen LogP contribution in [0.15, 0.2) is 146 Å². The average Bonchev–Trinajstić information content (AvgIpc) is 4.14. The fourth-order valence-electron chi connectivity index (χ4n) is 16.0. The molecule has 3 heterocycles. The molecule has 3 nitrogen and oxygen atoms in total. The first-order valence-corrected chi connectivity index (χ1v) is 29.2. The molecule has 14 rings (SSSR count). The van der Waals surface area contributed by atoms with E-state index in [4.69, 9.17) is 0 Å². The molecule has 3 aliphatic carbocycles. The van der Waals surface area contributed by atoms with Crippen LogP contribution in [0.5, 0.6) is 0 Å². The van der Waals surface area contributed by atoms with E-state index in [-0.39, 0.29) is 28.4 Å². The monoisotopic (exact) mass is 1020 g/mol. The van der Waals surface area contributed by atoms with Gasteiger partial charge in [0.05, 0.1) is 5.69 Å². The molecule has 4 heteroatoms. The molecule has 2 saturated carbocycles. The Morgan fingerprint density at radius 1 is 0.500 bits per heavy atom. The van der Waals surface area contributed by atoms with Gasteiger partial charge in [0.25, 0.3) is 6.71 Å². The SMILES string of the molecule is Cc1cccc(C)c1-c1cc2c3c(c1)N(c1ccc4c(c1)C1(CC5CCC1C5)c1ccccc1-4)c1c(n(C)c4ccc(C(C)(C)C)cc14)B3c1ccc(C(C)(C)C)cc1N2c1ccc(-c2c(C)cc(C(C)(C)C)cc2C)cc1. The van der Waals surface area contributed by atoms with E-state index in [1.165, 1.54) is 160 Å². The minimum absolute atomic E-state index is 0.0331. The van der Waals surface area contributed by atoms with Gasteiger partial charge in [0, 0.05) is 57.4 Å². The average molecular weight is 1020 g/mol. The third kappa shape index (κ3) is 7.02. The standard InChI is InChI=1S/C74H76BN3/c1-43-18-17-19-44(2)66(43)49-37-64-68-65(38-49)78(55-30-31-57-56-20-15-16-21-59(56)74(60(57)41-55)42-47-22-25-52(74)36-47)69-58-39-50(71(5,6)7)27-33-62(58)76(14)70(69)75(68)61-32-26-51(72(8,9)10)40-63(61)77(64)54-28-23-48(24-29-54)67-45(3)34-53(35-46(67)4)73(11,12)13/h15-21,23-24,26-35,37-41,47,52H,22,25,36,42H2,1-14H3. The Morgan fingerprint density at radius 2 is 1.12 bits per heavy atom. The molecular formula is C74H76BN3. The van der Waals surface area contributed by atoms with Gasteiger partial charge in [-0.15, -0.1) is 0 Å². The van der Waals surface area contributed by atoms with Crippen molar-refractivity contribution in [1.29, 1.82) is 0 Å². The van der Waals surface area contributed by atoms with Crippen LogP contribution >= 0.6 is 0 Å². The van der Waals surface area contributed by atoms with E-state index in [0.29, 0.717) is 5.92 Å². The maximum atomic E-state index is 2.75. The molecule has 390 valence electrons. The Bertz CT molecular complexity index is 3970. The smallest absolute Gasteiger partial charge is 0.272 e. The number of anilines is 6. The van der Waals surface area contributed by atoms with E-state index >= 15 is 0 Å². The Labute approximate surface area is 465 Å². The number of fused-ring (bicyclic) bond motifs is 14. The molecule has 0 amide bonds. The Kier molecular flexibility index (Phi) is 10.6. The van der Waals surface area contributed by atoms with Crippen LogP contribution in [0.3, 0.4) is 0 Å². The van der Waals surface area contributed by atoms with Crippen molar-refractivity contribution in [2.75, 3.05) is 9.80 Å². The van der Waals surface area contributed by atoms with E-state index in [9.17, 15) is 0 Å². The highest BCUT2D eigenvalue weighted by Gasteiger charge is 2.57. The molecule has 5 aliphatic rings. The summed E-state index contributed by atoms with van der Waals surface area (Å²) in [5, 5.41) is 1.31. The highest BCUT2D eigenvalue weighted by atomic mass is 15.2. The van der Waals surface area contributed by atoms with Crippen LogP contribution < -0.4 is 26.3 Å². The van der Waals surface area contributed by atoms with Gasteiger partial charge in [0.15, 0.2) is 0 Å². The van der Waals surface area contributed by atoms with Crippen molar-refractivity contribution in [2.24, 2.45) is 18.9 Å². The van der Waals surface area contributed by atoms with Crippen LogP contribution in [-0.2, 0) is 28.7 Å². The predicted molar refractivity (Wildman–Crippen MR) is 335 cm³/mol. The molecule has 8 aromatic carbocycles. The highest BCUT2D eigenvalue weighted by Crippen LogP contribution is 2.66. The Morgan fingerprint density at radius 3 is 1.77 bits per heavy atom. The van der Waals surface area contributed by atoms with Gasteiger partial charge in [-0.25, -0.2) is 0 Å². The largest absolute Gasteiger partial charge is 0.353 e. The number of nitrogens with zero attached hydrogens (tertiary/aromatic N) is 3. The number of aryl methyl sites for hydroxylation is 5. The maximum absolute atomic E-state index is 2.75. The first-order chi connectivity index (χ1) is 37.1. The minimum atomic E-state index is -0.0642. The topological polar surface area (TPSA) is 11.4 Å². The number of rotatable bonds is 4. The van der Waals surface area contributed by atoms with Crippen LogP contribution in [0.25, 0.3) is 44.3 Å². The summed E-state index contributed by atoms with van der Waals surface area (Å²) in [7, 11) is 2.35. The summed E-state index contributed by atoms with van der Waals surface area (Å²) in [5.41, 5.74) is 33.3. The zero-order valence-electron chi connectivity index (χ0n) is 48.8. The van der Waals surface area contributed by atoms with Crippen LogP contribution in [0.2, 0.25) is 0 Å². The Hall–Kier alpha value is -7.04. The summed E-state index contributed by atoms with van der Waals surface area (Å²) in [6.45, 7) is 30.3. The van der Waals surface area contributed by atoms with Gasteiger partial charge < -0.3 is 14.4 Å². The number of hydrogen-bond donors (Lipinski definition) is 0. The second-order valence-corrected chi connectivity index (χ2v) is 27.7. The van der Waals surface area contributed by atoms with Crippen molar-refractivity contribution >= 4 is 68.3 Å². The molecule has 0 saturated heterocycles. The predicted octanol–water partition coefficient (Wildman–Crippen LogP) is 17.8. The molecule has 78 heavy (non-hydrogen) atoms. The molecule has 2 aliphatic heterocycles. The van der Waals surface area contributed by atoms with Crippen LogP contribution in [0.1, 0.15) is 138 Å². The van der Waals surface area contributed by atoms with Crippen molar-refractivity contribution in [3.8, 4) is 33.4 Å². The molecule has 1 spiro atoms. The third-order valence-electron chi connectivity index (χ3n) is 19.8. The quantitative estimate of drug-likeness (QED) is 0.163. The van der Waals surface area contributed by atoms with E-state index in [2.05, 4.69) is 257 Å². The third-order valence-corrected chi connectivity index (χ3v) is 19.8. The van der Waals surface area contributed by atoms with Gasteiger partial charge in [-0.3, -0.25) is 0 Å². The van der Waals surface area contributed by atoms with Gasteiger partial charge >= 0.3 is 0 Å². The maximum Gasteiger partial charge on any atom is 0.272 e. The molecule has 3 atom stereocenters. The van der Waals surface area contributed by atoms with Crippen LogP contribution in [-0.4, -0.2) is 11.3 Å². The molecule has 2 fully saturated rings. The minimum Gasteiger partial charge on any atom is -0.353 e. The van der Waals surface area contributed by atoms with Crippen molar-refractivity contribution in [1.82, 2.24) is 4.57 Å². The van der Waals surface area contributed by atoms with E-state index in [1.54, 1.807) is 11.1 Å². The summed E-state index contributed by atoms with van der Waals surface area (Å²) in [6, 6.07) is 58.4. The van der Waals surface area contributed by atoms with Crippen molar-refractivity contribution in [2.45, 2.75) is 137 Å². The summed E-state index contributed by atoms with van der Waals surface area (Å²) in [5.74, 6) is 1.45. The first kappa shape index (κ1) is 49.3. The lowest BCUT2D eigenvalue weighted by atomic mass is 9.34. The second kappa shape index (κ2) is 16.7. The molecular weight excluding hydrogens is 942 g/mol. The van der Waals surface area contributed by atoms with Gasteiger partial charge in [0.2, 0.25) is 0 Å². The Balaban J connectivity index is 1.08. The summed E-state index contributed by atoms with van der Waals surface area (Å²) in [4.78, 5) is 5.40. The lowest BCUT2D eigenvalue weighted by Gasteiger charge is -2.44. The molecule has 1 aromatic heterocycles. The van der Waals surface area contributed by atoms with E-state index in [1.807, 2.05) is 0 Å².